The molecule has 1 N–H and O–H groups in total. The van der Waals surface area contributed by atoms with E-state index in [4.69, 9.17) is 10.4 Å². The second-order valence-corrected chi connectivity index (χ2v) is 6.42. The van der Waals surface area contributed by atoms with Gasteiger partial charge >= 0.3 is 0 Å². The minimum absolute atomic E-state index is 0.0991. The van der Waals surface area contributed by atoms with Crippen LogP contribution >= 0.6 is 11.8 Å². The number of thioether (sulfide) groups is 1. The minimum Gasteiger partial charge on any atom is -0.396 e. The van der Waals surface area contributed by atoms with Gasteiger partial charge in [0.25, 0.3) is 0 Å². The van der Waals surface area contributed by atoms with Gasteiger partial charge in [0.1, 0.15) is 0 Å². The van der Waals surface area contributed by atoms with Gasteiger partial charge in [-0.3, -0.25) is 4.79 Å². The first-order valence-electron chi connectivity index (χ1n) is 7.34. The van der Waals surface area contributed by atoms with Crippen LogP contribution in [0.3, 0.4) is 0 Å². The van der Waals surface area contributed by atoms with Gasteiger partial charge in [0, 0.05) is 35.8 Å². The molecule has 0 spiro atoms. The number of hydrogen-bond donors (Lipinski definition) is 1. The Morgan fingerprint density at radius 2 is 2.23 bits per heavy atom. The topological polar surface area (TPSA) is 66.0 Å². The Morgan fingerprint density at radius 1 is 1.45 bits per heavy atom. The molecule has 1 atom stereocenters. The van der Waals surface area contributed by atoms with Gasteiger partial charge in [0.05, 0.1) is 18.2 Å². The molecule has 1 aromatic carbocycles. The number of carbonyl (C=O) groups is 1. The first-order chi connectivity index (χ1) is 10.7. The van der Waals surface area contributed by atoms with Gasteiger partial charge in [-0.15, -0.1) is 0 Å². The summed E-state index contributed by atoms with van der Waals surface area (Å²) in [5.41, 5.74) is 1.72. The number of nitriles is 1. The first kappa shape index (κ1) is 16.6. The predicted octanol–water partition coefficient (Wildman–Crippen LogP) is 3.10. The van der Waals surface area contributed by atoms with Gasteiger partial charge in [-0.25, -0.2) is 0 Å². The summed E-state index contributed by atoms with van der Waals surface area (Å²) in [6.07, 6.45) is 2.29. The number of aromatic nitrogens is 1. The third-order valence-electron chi connectivity index (χ3n) is 3.50. The van der Waals surface area contributed by atoms with E-state index in [-0.39, 0.29) is 18.3 Å². The molecule has 1 aromatic heterocycles. The van der Waals surface area contributed by atoms with Crippen molar-refractivity contribution in [3.05, 3.63) is 36.0 Å². The number of aryl methyl sites for hydroxylation is 1. The maximum atomic E-state index is 12.5. The van der Waals surface area contributed by atoms with E-state index in [1.54, 1.807) is 11.8 Å². The normalized spacial score (nSPS) is 12.2. The van der Waals surface area contributed by atoms with Gasteiger partial charge < -0.3 is 9.67 Å². The van der Waals surface area contributed by atoms with Crippen molar-refractivity contribution in [3.63, 3.8) is 0 Å². The highest BCUT2D eigenvalue weighted by atomic mass is 32.2. The lowest BCUT2D eigenvalue weighted by atomic mass is 10.1. The molecular formula is C17H20N2O2S. The molecule has 0 radical (unpaired) electrons. The molecule has 1 heterocycles. The lowest BCUT2D eigenvalue weighted by molar-refractivity contribution is 0.102. The van der Waals surface area contributed by atoms with E-state index in [9.17, 15) is 4.79 Å². The number of fused-ring (bicyclic) bond motifs is 1. The molecule has 1 unspecified atom stereocenters. The van der Waals surface area contributed by atoms with E-state index in [0.29, 0.717) is 18.7 Å². The van der Waals surface area contributed by atoms with E-state index >= 15 is 0 Å². The fourth-order valence-corrected chi connectivity index (χ4v) is 3.27. The van der Waals surface area contributed by atoms with Crippen LogP contribution in [0.4, 0.5) is 0 Å². The average Bonchev–Trinajstić information content (AvgIpc) is 2.91. The van der Waals surface area contributed by atoms with Gasteiger partial charge in [-0.1, -0.05) is 25.1 Å². The van der Waals surface area contributed by atoms with Crippen molar-refractivity contribution in [3.8, 4) is 6.07 Å². The number of carbonyl (C=O) groups excluding carboxylic acids is 1. The van der Waals surface area contributed by atoms with Crippen LogP contribution in [0.25, 0.3) is 10.9 Å². The van der Waals surface area contributed by atoms with Crippen LogP contribution in [0.15, 0.2) is 30.5 Å². The van der Waals surface area contributed by atoms with E-state index in [2.05, 4.69) is 6.07 Å². The monoisotopic (exact) mass is 316 g/mol. The van der Waals surface area contributed by atoms with Crippen molar-refractivity contribution in [2.75, 3.05) is 18.1 Å². The number of benzene rings is 1. The van der Waals surface area contributed by atoms with Crippen LogP contribution in [0.5, 0.6) is 0 Å². The number of aliphatic hydroxyl groups excluding tert-OH is 1. The van der Waals surface area contributed by atoms with Crippen LogP contribution in [0.1, 0.15) is 23.7 Å². The van der Waals surface area contributed by atoms with Crippen LogP contribution in [-0.4, -0.2) is 33.6 Å². The highest BCUT2D eigenvalue weighted by molar-refractivity contribution is 7.99. The van der Waals surface area contributed by atoms with Crippen LogP contribution < -0.4 is 0 Å². The summed E-state index contributed by atoms with van der Waals surface area (Å²) in [6, 6.07) is 9.93. The summed E-state index contributed by atoms with van der Waals surface area (Å²) in [5.74, 6) is 1.49. The molecule has 0 saturated carbocycles. The van der Waals surface area contributed by atoms with Gasteiger partial charge in [0.15, 0.2) is 5.78 Å². The summed E-state index contributed by atoms with van der Waals surface area (Å²) >= 11 is 1.55. The molecule has 0 fully saturated rings. The zero-order chi connectivity index (χ0) is 15.9. The molecule has 116 valence electrons. The zero-order valence-corrected chi connectivity index (χ0v) is 13.5. The van der Waals surface area contributed by atoms with Crippen molar-refractivity contribution < 1.29 is 9.90 Å². The molecule has 4 nitrogen and oxygen atoms in total. The Labute approximate surface area is 134 Å². The molecule has 0 amide bonds. The maximum Gasteiger partial charge on any atom is 0.174 e. The number of nitrogens with zero attached hydrogens (tertiary/aromatic N) is 2. The Morgan fingerprint density at radius 3 is 2.95 bits per heavy atom. The molecule has 0 saturated heterocycles. The molecule has 2 aromatic rings. The number of rotatable bonds is 8. The Balaban J connectivity index is 2.16. The fourth-order valence-electron chi connectivity index (χ4n) is 2.31. The quantitative estimate of drug-likeness (QED) is 0.760. The number of para-hydroxylation sites is 1. The van der Waals surface area contributed by atoms with E-state index in [1.165, 1.54) is 0 Å². The molecule has 0 aliphatic carbocycles. The van der Waals surface area contributed by atoms with E-state index in [0.717, 1.165) is 22.2 Å². The van der Waals surface area contributed by atoms with Crippen LogP contribution in [-0.2, 0) is 6.54 Å². The van der Waals surface area contributed by atoms with E-state index in [1.807, 2.05) is 42.0 Å². The standard InChI is InChI=1S/C17H20N2O2S/c1-13(10-20)11-22-12-17(21)15-9-19(8-4-7-18)16-6-3-2-5-14(15)16/h2-3,5-6,9,13,20H,4,8,10-12H2,1H3. The Hall–Kier alpha value is -1.77. The Bertz CT molecular complexity index is 688. The third-order valence-corrected chi connectivity index (χ3v) is 4.77. The smallest absolute Gasteiger partial charge is 0.174 e. The van der Waals surface area contributed by atoms with Crippen molar-refractivity contribution in [1.82, 2.24) is 4.57 Å². The summed E-state index contributed by atoms with van der Waals surface area (Å²) in [4.78, 5) is 12.5. The predicted molar refractivity (Wildman–Crippen MR) is 90.1 cm³/mol. The highest BCUT2D eigenvalue weighted by Gasteiger charge is 2.15. The lowest BCUT2D eigenvalue weighted by Gasteiger charge is -2.06. The molecule has 5 heteroatoms. The SMILES string of the molecule is CC(CO)CSCC(=O)c1cn(CCC#N)c2ccccc12. The number of hydrogen-bond acceptors (Lipinski definition) is 4. The molecule has 22 heavy (non-hydrogen) atoms. The lowest BCUT2D eigenvalue weighted by Crippen LogP contribution is -2.08. The van der Waals surface area contributed by atoms with Crippen LogP contribution in [0, 0.1) is 17.2 Å². The molecule has 0 bridgehead atoms. The molecular weight excluding hydrogens is 296 g/mol. The second-order valence-electron chi connectivity index (χ2n) is 5.39. The number of Topliss-reactive ketones (excluding diaryl/α,β-unsaturated/α-hetero) is 1. The molecule has 0 aliphatic heterocycles. The summed E-state index contributed by atoms with van der Waals surface area (Å²) in [5, 5.41) is 18.7. The van der Waals surface area contributed by atoms with E-state index < -0.39 is 0 Å². The molecule has 0 aliphatic rings. The first-order valence-corrected chi connectivity index (χ1v) is 8.49. The van der Waals surface area contributed by atoms with Crippen molar-refractivity contribution in [2.24, 2.45) is 5.92 Å². The third kappa shape index (κ3) is 3.90. The van der Waals surface area contributed by atoms with Gasteiger partial charge in [-0.2, -0.15) is 17.0 Å². The molecule has 2 rings (SSSR count). The van der Waals surface area contributed by atoms with Crippen LogP contribution in [0.2, 0.25) is 0 Å². The summed E-state index contributed by atoms with van der Waals surface area (Å²) < 4.78 is 1.98. The van der Waals surface area contributed by atoms with Crippen molar-refractivity contribution in [1.29, 1.82) is 5.26 Å². The number of aliphatic hydroxyl groups is 1. The van der Waals surface area contributed by atoms with Gasteiger partial charge in [0.2, 0.25) is 0 Å². The number of ketones is 1. The average molecular weight is 316 g/mol. The highest BCUT2D eigenvalue weighted by Crippen LogP contribution is 2.23. The summed E-state index contributed by atoms with van der Waals surface area (Å²) in [6.45, 7) is 2.71. The van der Waals surface area contributed by atoms with Crippen molar-refractivity contribution >= 4 is 28.4 Å². The second kappa shape index (κ2) is 8.02. The van der Waals surface area contributed by atoms with Gasteiger partial charge in [-0.05, 0) is 17.7 Å². The van der Waals surface area contributed by atoms with Crippen molar-refractivity contribution in [2.45, 2.75) is 19.9 Å². The largest absolute Gasteiger partial charge is 0.396 e. The fraction of sp³-hybridized carbons (Fsp3) is 0.412. The zero-order valence-electron chi connectivity index (χ0n) is 12.7. The Kier molecular flexibility index (Phi) is 6.05. The maximum absolute atomic E-state index is 12.5. The summed E-state index contributed by atoms with van der Waals surface area (Å²) in [7, 11) is 0. The minimum atomic E-state index is 0.0991.